The van der Waals surface area contributed by atoms with Crippen LogP contribution in [0.4, 0.5) is 0 Å². The summed E-state index contributed by atoms with van der Waals surface area (Å²) in [4.78, 5) is 37.7. The Morgan fingerprint density at radius 1 is 0.373 bits per heavy atom. The molecule has 1 unspecified atom stereocenters. The molecule has 6 nitrogen and oxygen atoms in total. The molecular formula is C53H82O6. The molecule has 59 heavy (non-hydrogen) atoms. The van der Waals surface area contributed by atoms with Gasteiger partial charge in [0.05, 0.1) is 0 Å². The van der Waals surface area contributed by atoms with Crippen molar-refractivity contribution in [1.82, 2.24) is 0 Å². The van der Waals surface area contributed by atoms with Crippen molar-refractivity contribution >= 4 is 17.9 Å². The van der Waals surface area contributed by atoms with Gasteiger partial charge in [0.1, 0.15) is 13.2 Å². The number of unbranched alkanes of at least 4 members (excludes halogenated alkanes) is 13. The van der Waals surface area contributed by atoms with Gasteiger partial charge in [0, 0.05) is 19.3 Å². The maximum atomic E-state index is 12.7. The maximum absolute atomic E-state index is 12.7. The third-order valence-electron chi connectivity index (χ3n) is 9.09. The summed E-state index contributed by atoms with van der Waals surface area (Å²) >= 11 is 0. The van der Waals surface area contributed by atoms with Crippen molar-refractivity contribution in [3.8, 4) is 0 Å². The van der Waals surface area contributed by atoms with Crippen LogP contribution in [-0.4, -0.2) is 37.2 Å². The first kappa shape index (κ1) is 54.8. The molecule has 0 saturated carbocycles. The summed E-state index contributed by atoms with van der Waals surface area (Å²) in [6, 6.07) is 0. The van der Waals surface area contributed by atoms with Gasteiger partial charge < -0.3 is 14.2 Å². The Morgan fingerprint density at radius 3 is 1.32 bits per heavy atom. The van der Waals surface area contributed by atoms with E-state index in [-0.39, 0.29) is 44.0 Å². The van der Waals surface area contributed by atoms with Gasteiger partial charge in [0.2, 0.25) is 0 Å². The minimum Gasteiger partial charge on any atom is -0.462 e. The van der Waals surface area contributed by atoms with Gasteiger partial charge in [-0.1, -0.05) is 187 Å². The summed E-state index contributed by atoms with van der Waals surface area (Å²) in [5, 5.41) is 0. The van der Waals surface area contributed by atoms with Crippen molar-refractivity contribution in [3.05, 3.63) is 122 Å². The number of carbonyl (C=O) groups excluding carboxylic acids is 3. The molecule has 0 rings (SSSR count). The standard InChI is InChI=1S/C53H82O6/c1-4-7-10-13-16-19-22-24-25-26-27-29-31-34-37-40-43-46-52(55)58-49-50(48-57-51(54)45-42-39-36-33-30-21-18-15-12-9-6-3)59-53(56)47-44-41-38-35-32-28-23-20-17-14-11-8-5-2/h7,9-10,12-13,16,18-19,21-22,24-29,31-33,36,50H,4-6,8,11,14-15,17,20,23,30,34-35,37-49H2,1-3H3/b10-7-,12-9-,16-13-,21-18-,22-19-,25-24-,27-26+,31-29-,32-28-,36-33-. The minimum absolute atomic E-state index is 0.127. The number of hydrogen-bond acceptors (Lipinski definition) is 6. The average Bonchev–Trinajstić information content (AvgIpc) is 3.23. The Balaban J connectivity index is 4.58. The van der Waals surface area contributed by atoms with E-state index < -0.39 is 6.10 Å². The quantitative estimate of drug-likeness (QED) is 0.0202. The van der Waals surface area contributed by atoms with Crippen LogP contribution in [-0.2, 0) is 28.6 Å². The van der Waals surface area contributed by atoms with E-state index in [9.17, 15) is 14.4 Å². The van der Waals surface area contributed by atoms with E-state index in [0.29, 0.717) is 12.8 Å². The second kappa shape index (κ2) is 46.5. The SMILES string of the molecule is CC\C=C/C=C\C=C/C=C\C=C\C=C/CCCCCC(=O)OCC(COC(=O)CCC/C=C\C/C=C\C/C=C\CC)OC(=O)CCCCC/C=C\CCCCCCCC. The van der Waals surface area contributed by atoms with E-state index in [1.165, 1.54) is 38.5 Å². The first-order valence-electron chi connectivity index (χ1n) is 23.1. The van der Waals surface area contributed by atoms with Crippen molar-refractivity contribution in [1.29, 1.82) is 0 Å². The molecule has 0 N–H and O–H groups in total. The molecule has 0 saturated heterocycles. The number of hydrogen-bond donors (Lipinski definition) is 0. The highest BCUT2D eigenvalue weighted by atomic mass is 16.6. The summed E-state index contributed by atoms with van der Waals surface area (Å²) in [6.07, 6.45) is 63.3. The van der Waals surface area contributed by atoms with E-state index in [0.717, 1.165) is 89.9 Å². The van der Waals surface area contributed by atoms with Crippen LogP contribution in [0.2, 0.25) is 0 Å². The molecule has 0 fully saturated rings. The minimum atomic E-state index is -0.826. The average molecular weight is 815 g/mol. The van der Waals surface area contributed by atoms with Gasteiger partial charge in [0.25, 0.3) is 0 Å². The van der Waals surface area contributed by atoms with E-state index >= 15 is 0 Å². The monoisotopic (exact) mass is 815 g/mol. The predicted octanol–water partition coefficient (Wildman–Crippen LogP) is 15.0. The third-order valence-corrected chi connectivity index (χ3v) is 9.09. The number of rotatable bonds is 39. The van der Waals surface area contributed by atoms with E-state index in [1.54, 1.807) is 0 Å². The molecule has 0 amide bonds. The lowest BCUT2D eigenvalue weighted by atomic mass is 10.1. The molecule has 6 heteroatoms. The Morgan fingerprint density at radius 2 is 0.763 bits per heavy atom. The van der Waals surface area contributed by atoms with Crippen LogP contribution >= 0.6 is 0 Å². The maximum Gasteiger partial charge on any atom is 0.306 e. The lowest BCUT2D eigenvalue weighted by molar-refractivity contribution is -0.167. The van der Waals surface area contributed by atoms with Gasteiger partial charge in [-0.25, -0.2) is 0 Å². The van der Waals surface area contributed by atoms with Crippen molar-refractivity contribution < 1.29 is 28.6 Å². The van der Waals surface area contributed by atoms with Gasteiger partial charge in [-0.3, -0.25) is 14.4 Å². The van der Waals surface area contributed by atoms with E-state index in [4.69, 9.17) is 14.2 Å². The van der Waals surface area contributed by atoms with E-state index in [2.05, 4.69) is 81.5 Å². The first-order valence-corrected chi connectivity index (χ1v) is 23.1. The zero-order chi connectivity index (χ0) is 43.0. The zero-order valence-electron chi connectivity index (χ0n) is 37.5. The fraction of sp³-hybridized carbons (Fsp3) is 0.566. The number of carbonyl (C=O) groups is 3. The first-order chi connectivity index (χ1) is 29.0. The molecular weight excluding hydrogens is 733 g/mol. The Bertz CT molecular complexity index is 1300. The Hall–Kier alpha value is -4.19. The number of allylic oxidation sites excluding steroid dienone is 20. The van der Waals surface area contributed by atoms with Crippen LogP contribution < -0.4 is 0 Å². The van der Waals surface area contributed by atoms with Crippen molar-refractivity contribution in [2.45, 2.75) is 181 Å². The summed E-state index contributed by atoms with van der Waals surface area (Å²) < 4.78 is 16.6. The lowest BCUT2D eigenvalue weighted by Gasteiger charge is -2.18. The Labute approximate surface area is 361 Å². The smallest absolute Gasteiger partial charge is 0.306 e. The Kier molecular flexibility index (Phi) is 43.2. The highest BCUT2D eigenvalue weighted by Crippen LogP contribution is 2.11. The van der Waals surface area contributed by atoms with Crippen LogP contribution in [0.3, 0.4) is 0 Å². The topological polar surface area (TPSA) is 78.9 Å². The summed E-state index contributed by atoms with van der Waals surface area (Å²) in [6.45, 7) is 6.23. The molecule has 0 aromatic carbocycles. The molecule has 0 aliphatic heterocycles. The molecule has 0 aliphatic rings. The molecule has 0 aromatic rings. The molecule has 330 valence electrons. The fourth-order valence-electron chi connectivity index (χ4n) is 5.67. The second-order valence-corrected chi connectivity index (χ2v) is 14.7. The van der Waals surface area contributed by atoms with Gasteiger partial charge in [-0.05, 0) is 89.9 Å². The summed E-state index contributed by atoms with van der Waals surface area (Å²) in [5.74, 6) is -1.05. The van der Waals surface area contributed by atoms with Gasteiger partial charge in [-0.15, -0.1) is 0 Å². The lowest BCUT2D eigenvalue weighted by Crippen LogP contribution is -2.30. The van der Waals surface area contributed by atoms with Crippen LogP contribution in [0.15, 0.2) is 122 Å². The van der Waals surface area contributed by atoms with Gasteiger partial charge >= 0.3 is 17.9 Å². The highest BCUT2D eigenvalue weighted by Gasteiger charge is 2.19. The van der Waals surface area contributed by atoms with Crippen molar-refractivity contribution in [2.24, 2.45) is 0 Å². The van der Waals surface area contributed by atoms with Crippen molar-refractivity contribution in [3.63, 3.8) is 0 Å². The number of ether oxygens (including phenoxy) is 3. The van der Waals surface area contributed by atoms with Crippen LogP contribution in [0, 0.1) is 0 Å². The van der Waals surface area contributed by atoms with Gasteiger partial charge in [0.15, 0.2) is 6.10 Å². The molecule has 0 aliphatic carbocycles. The number of esters is 3. The van der Waals surface area contributed by atoms with Crippen LogP contribution in [0.25, 0.3) is 0 Å². The predicted molar refractivity (Wildman–Crippen MR) is 251 cm³/mol. The summed E-state index contributed by atoms with van der Waals surface area (Å²) in [5.41, 5.74) is 0. The largest absolute Gasteiger partial charge is 0.462 e. The highest BCUT2D eigenvalue weighted by molar-refractivity contribution is 5.71. The zero-order valence-corrected chi connectivity index (χ0v) is 37.5. The van der Waals surface area contributed by atoms with Gasteiger partial charge in [-0.2, -0.15) is 0 Å². The molecule has 0 radical (unpaired) electrons. The van der Waals surface area contributed by atoms with Crippen LogP contribution in [0.1, 0.15) is 175 Å². The molecule has 0 aromatic heterocycles. The van der Waals surface area contributed by atoms with E-state index in [1.807, 2.05) is 60.8 Å². The second-order valence-electron chi connectivity index (χ2n) is 14.7. The molecule has 0 bridgehead atoms. The molecule has 1 atom stereocenters. The molecule has 0 heterocycles. The normalized spacial score (nSPS) is 13.2. The fourth-order valence-corrected chi connectivity index (χ4v) is 5.67. The molecule has 0 spiro atoms. The summed E-state index contributed by atoms with van der Waals surface area (Å²) in [7, 11) is 0. The van der Waals surface area contributed by atoms with Crippen molar-refractivity contribution in [2.75, 3.05) is 13.2 Å². The van der Waals surface area contributed by atoms with Crippen LogP contribution in [0.5, 0.6) is 0 Å². The third kappa shape index (κ3) is 44.8.